The van der Waals surface area contributed by atoms with Crippen LogP contribution in [-0.4, -0.2) is 20.7 Å². The number of furan rings is 1. The number of ketones is 1. The van der Waals surface area contributed by atoms with Gasteiger partial charge in [-0.15, -0.1) is 23.8 Å². The Morgan fingerprint density at radius 1 is 0.917 bits per heavy atom. The van der Waals surface area contributed by atoms with E-state index in [1.807, 2.05) is 6.07 Å². The van der Waals surface area contributed by atoms with Crippen LogP contribution in [0.15, 0.2) is 89.0 Å². The van der Waals surface area contributed by atoms with E-state index in [1.54, 1.807) is 12.1 Å². The molecule has 1 radical (unpaired) electrons. The molecule has 5 aromatic carbocycles. The van der Waals surface area contributed by atoms with Crippen molar-refractivity contribution in [3.05, 3.63) is 113 Å². The zero-order chi connectivity index (χ0) is 33.6. The van der Waals surface area contributed by atoms with E-state index in [2.05, 4.69) is 95.3 Å². The van der Waals surface area contributed by atoms with E-state index in [-0.39, 0.29) is 37.5 Å². The molecule has 0 amide bonds. The minimum absolute atomic E-state index is 0. The molecule has 0 bridgehead atoms. The predicted octanol–water partition coefficient (Wildman–Crippen LogP) is 11.7. The number of halogens is 1. The zero-order valence-electron chi connectivity index (χ0n) is 28.3. The minimum atomic E-state index is -0.203. The van der Waals surface area contributed by atoms with E-state index in [0.29, 0.717) is 11.8 Å². The van der Waals surface area contributed by atoms with Gasteiger partial charge in [-0.1, -0.05) is 80.9 Å². The summed E-state index contributed by atoms with van der Waals surface area (Å²) >= 11 is 0. The quantitative estimate of drug-likeness (QED) is 0.0618. The third-order valence-corrected chi connectivity index (χ3v) is 8.55. The number of aromatic nitrogens is 1. The number of fused-ring (bicyclic) bond motifs is 8. The molecule has 0 aliphatic rings. The van der Waals surface area contributed by atoms with Gasteiger partial charge in [0.05, 0.1) is 24.3 Å². The summed E-state index contributed by atoms with van der Waals surface area (Å²) in [6, 6.07) is 28.0. The second-order valence-electron chi connectivity index (χ2n) is 13.2. The van der Waals surface area contributed by atoms with Crippen molar-refractivity contribution in [3.63, 3.8) is 0 Å². The summed E-state index contributed by atoms with van der Waals surface area (Å²) in [4.78, 5) is 13.6. The average molecular weight is 818 g/mol. The van der Waals surface area contributed by atoms with Crippen molar-refractivity contribution in [3.8, 4) is 11.3 Å². The molecular formula is C42H40FIrNO3. The minimum Gasteiger partial charge on any atom is -0.512 e. The van der Waals surface area contributed by atoms with Crippen molar-refractivity contribution in [2.75, 3.05) is 0 Å². The Labute approximate surface area is 294 Å². The van der Waals surface area contributed by atoms with Crippen LogP contribution in [0.2, 0.25) is 0 Å². The molecule has 0 saturated heterocycles. The van der Waals surface area contributed by atoms with Gasteiger partial charge in [-0.3, -0.25) is 9.78 Å². The van der Waals surface area contributed by atoms with Crippen LogP contribution < -0.4 is 0 Å². The van der Waals surface area contributed by atoms with Crippen molar-refractivity contribution in [2.24, 2.45) is 5.92 Å². The Hall–Kier alpha value is -4.38. The third kappa shape index (κ3) is 6.78. The normalized spacial score (nSPS) is 11.9. The first-order valence-electron chi connectivity index (χ1n) is 16.1. The van der Waals surface area contributed by atoms with Crippen LogP contribution in [0.1, 0.15) is 64.2 Å². The molecule has 0 unspecified atom stereocenters. The zero-order valence-corrected chi connectivity index (χ0v) is 30.7. The van der Waals surface area contributed by atoms with Crippen molar-refractivity contribution in [1.29, 1.82) is 0 Å². The standard InChI is InChI=1S/C37H31FNO.C5H8O2.Ir/c1-20(2)15-26-16-27(38)19-32-28(26)13-11-23-9-10-25(17-31(23)32)35-37-34(30-8-6-7-22(5)36(30)40-37)29-14-12-24(21(3)4)18-33(29)39-35;1-4(6)3-5(2)7;/h6-9,11-14,16-21H,15H2,1-5H3;3,6H,1-2H3;/q-1;;/p+1/b;4-3-;. The Morgan fingerprint density at radius 2 is 1.67 bits per heavy atom. The number of nitrogens with zero attached hydrogens (tertiary/aromatic N) is 1. The molecule has 2 aromatic heterocycles. The third-order valence-electron chi connectivity index (χ3n) is 8.55. The maximum absolute atomic E-state index is 14.9. The Balaban J connectivity index is 0.000000511. The SMILES string of the molecule is CC(=[OH+])/C=C(/C)O.Cc1cccc2c1oc1c(-c3[c-]cc4ccc5c(CC(C)C)cc(F)cc5c4c3)nc3cc(C(C)C)ccc3c12.[Ir]. The van der Waals surface area contributed by atoms with Gasteiger partial charge >= 0.3 is 5.78 Å². The molecule has 2 N–H and O–H groups in total. The largest absolute Gasteiger partial charge is 0.512 e. The summed E-state index contributed by atoms with van der Waals surface area (Å²) in [6.07, 6.45) is 2.11. The van der Waals surface area contributed by atoms with Gasteiger partial charge in [-0.2, -0.15) is 0 Å². The molecule has 48 heavy (non-hydrogen) atoms. The van der Waals surface area contributed by atoms with Crippen LogP contribution in [0.4, 0.5) is 4.39 Å². The maximum atomic E-state index is 14.9. The van der Waals surface area contributed by atoms with Gasteiger partial charge in [0.1, 0.15) is 17.0 Å². The number of hydrogen-bond donors (Lipinski definition) is 1. The van der Waals surface area contributed by atoms with Crippen molar-refractivity contribution >= 4 is 60.2 Å². The Kier molecular flexibility index (Phi) is 10.2. The van der Waals surface area contributed by atoms with Gasteiger partial charge in [0, 0.05) is 42.0 Å². The van der Waals surface area contributed by atoms with E-state index in [0.717, 1.165) is 83.2 Å². The molecule has 7 aromatic rings. The monoisotopic (exact) mass is 818 g/mol. The van der Waals surface area contributed by atoms with Gasteiger partial charge < -0.3 is 9.52 Å². The average Bonchev–Trinajstić information content (AvgIpc) is 3.40. The second kappa shape index (κ2) is 14.0. The van der Waals surface area contributed by atoms with Crippen LogP contribution >= 0.6 is 0 Å². The van der Waals surface area contributed by atoms with E-state index < -0.39 is 0 Å². The number of aliphatic hydroxyl groups is 1. The fourth-order valence-corrected chi connectivity index (χ4v) is 6.45. The molecule has 247 valence electrons. The maximum Gasteiger partial charge on any atom is 0.316 e. The summed E-state index contributed by atoms with van der Waals surface area (Å²) in [5.41, 5.74) is 7.56. The summed E-state index contributed by atoms with van der Waals surface area (Å²) in [7, 11) is 0. The molecule has 0 spiro atoms. The number of aliphatic hydroxyl groups excluding tert-OH is 1. The number of pyridine rings is 1. The first-order valence-corrected chi connectivity index (χ1v) is 16.1. The number of para-hydroxylation sites is 1. The summed E-state index contributed by atoms with van der Waals surface area (Å²) in [5, 5.41) is 15.7. The predicted molar refractivity (Wildman–Crippen MR) is 195 cm³/mol. The topological polar surface area (TPSA) is 67.7 Å². The number of carbonyl (C=O) groups excluding carboxylic acids is 1. The van der Waals surface area contributed by atoms with Crippen LogP contribution in [0.3, 0.4) is 0 Å². The van der Waals surface area contributed by atoms with Crippen molar-refractivity contribution in [2.45, 2.75) is 60.8 Å². The summed E-state index contributed by atoms with van der Waals surface area (Å²) < 4.78 is 21.5. The molecule has 0 aliphatic heterocycles. The van der Waals surface area contributed by atoms with Gasteiger partial charge in [0.2, 0.25) is 0 Å². The number of rotatable bonds is 5. The molecule has 0 saturated carbocycles. The van der Waals surface area contributed by atoms with Crippen LogP contribution in [0, 0.1) is 24.7 Å². The molecule has 6 heteroatoms. The molecule has 0 fully saturated rings. The fraction of sp³-hybridized carbons (Fsp3) is 0.238. The van der Waals surface area contributed by atoms with Crippen molar-refractivity contribution in [1.82, 2.24) is 4.98 Å². The summed E-state index contributed by atoms with van der Waals surface area (Å²) in [6.45, 7) is 13.8. The van der Waals surface area contributed by atoms with E-state index in [1.165, 1.54) is 25.5 Å². The van der Waals surface area contributed by atoms with E-state index in [4.69, 9.17) is 19.3 Å². The van der Waals surface area contributed by atoms with Crippen molar-refractivity contribution < 1.29 is 38.8 Å². The molecule has 7 rings (SSSR count). The fourth-order valence-electron chi connectivity index (χ4n) is 6.45. The smallest absolute Gasteiger partial charge is 0.316 e. The van der Waals surface area contributed by atoms with Gasteiger partial charge in [-0.05, 0) is 77.8 Å². The van der Waals surface area contributed by atoms with Gasteiger partial charge in [0.15, 0.2) is 0 Å². The molecule has 0 atom stereocenters. The second-order valence-corrected chi connectivity index (χ2v) is 13.2. The first kappa shape index (κ1) is 34.9. The number of hydrogen-bond acceptors (Lipinski definition) is 3. The van der Waals surface area contributed by atoms with Crippen LogP contribution in [-0.2, 0) is 26.5 Å². The molecule has 0 aliphatic carbocycles. The van der Waals surface area contributed by atoms with Gasteiger partial charge in [0.25, 0.3) is 0 Å². The number of aryl methyl sites for hydroxylation is 1. The first-order chi connectivity index (χ1) is 22.4. The molecular weight excluding hydrogens is 778 g/mol. The molecule has 2 heterocycles. The van der Waals surface area contributed by atoms with E-state index in [9.17, 15) is 4.39 Å². The number of allylic oxidation sites excluding steroid dienone is 2. The Bertz CT molecular complexity index is 2360. The van der Waals surface area contributed by atoms with Crippen LogP contribution in [0.25, 0.3) is 65.6 Å². The Morgan fingerprint density at radius 3 is 2.33 bits per heavy atom. The van der Waals surface area contributed by atoms with Gasteiger partial charge in [-0.25, -0.2) is 4.39 Å². The van der Waals surface area contributed by atoms with E-state index >= 15 is 0 Å². The van der Waals surface area contributed by atoms with Crippen LogP contribution in [0.5, 0.6) is 0 Å². The number of benzene rings is 5. The summed E-state index contributed by atoms with van der Waals surface area (Å²) in [5.74, 6) is 0.871. The molecule has 4 nitrogen and oxygen atoms in total.